The van der Waals surface area contributed by atoms with Crippen LogP contribution in [-0.2, 0) is 19.4 Å². The zero-order valence-electron chi connectivity index (χ0n) is 10.6. The highest BCUT2D eigenvalue weighted by Crippen LogP contribution is 2.26. The van der Waals surface area contributed by atoms with Crippen LogP contribution in [0, 0.1) is 0 Å². The van der Waals surface area contributed by atoms with Crippen LogP contribution in [0.25, 0.3) is 0 Å². The smallest absolute Gasteiger partial charge is 0.250 e. The number of nitrogens with two attached hydrogens (primary N) is 1. The largest absolute Gasteiger partial charge is 0.493 e. The van der Waals surface area contributed by atoms with Gasteiger partial charge in [-0.2, -0.15) is 0 Å². The molecule has 2 heterocycles. The van der Waals surface area contributed by atoms with Crippen molar-refractivity contribution in [1.29, 1.82) is 0 Å². The van der Waals surface area contributed by atoms with Crippen LogP contribution in [0.1, 0.15) is 11.1 Å². The summed E-state index contributed by atoms with van der Waals surface area (Å²) in [6.07, 6.45) is 3.48. The van der Waals surface area contributed by atoms with Crippen LogP contribution < -0.4 is 16.0 Å². The van der Waals surface area contributed by atoms with Gasteiger partial charge in [0, 0.05) is 30.9 Å². The number of hydrogen-bond donors (Lipinski definition) is 1. The Morgan fingerprint density at radius 1 is 1.26 bits per heavy atom. The summed E-state index contributed by atoms with van der Waals surface area (Å²) in [5.74, 6) is 0.991. The van der Waals surface area contributed by atoms with Crippen molar-refractivity contribution in [2.45, 2.75) is 19.4 Å². The molecule has 98 valence electrons. The van der Waals surface area contributed by atoms with Gasteiger partial charge in [-0.05, 0) is 29.7 Å². The van der Waals surface area contributed by atoms with Crippen LogP contribution >= 0.6 is 0 Å². The summed E-state index contributed by atoms with van der Waals surface area (Å²) in [6.45, 7) is 1.41. The highest BCUT2D eigenvalue weighted by Gasteiger charge is 2.11. The molecule has 1 aromatic carbocycles. The van der Waals surface area contributed by atoms with E-state index in [1.165, 1.54) is 17.2 Å². The van der Waals surface area contributed by atoms with Crippen molar-refractivity contribution >= 4 is 5.69 Å². The fraction of sp³-hybridized carbons (Fsp3) is 0.267. The number of rotatable bonds is 3. The normalized spacial score (nSPS) is 13.1. The van der Waals surface area contributed by atoms with Gasteiger partial charge in [-0.25, -0.2) is 0 Å². The van der Waals surface area contributed by atoms with Crippen LogP contribution in [0.3, 0.4) is 0 Å². The van der Waals surface area contributed by atoms with E-state index in [1.807, 2.05) is 6.07 Å². The number of ether oxygens (including phenoxy) is 1. The van der Waals surface area contributed by atoms with E-state index in [1.54, 1.807) is 16.8 Å². The van der Waals surface area contributed by atoms with Crippen LogP contribution in [0.2, 0.25) is 0 Å². The van der Waals surface area contributed by atoms with Gasteiger partial charge in [0.25, 0.3) is 5.56 Å². The highest BCUT2D eigenvalue weighted by molar-refractivity contribution is 5.40. The Kier molecular flexibility index (Phi) is 2.99. The number of anilines is 1. The molecule has 0 saturated heterocycles. The minimum atomic E-state index is -0.0151. The summed E-state index contributed by atoms with van der Waals surface area (Å²) in [4.78, 5) is 11.7. The van der Waals surface area contributed by atoms with Gasteiger partial charge in [-0.15, -0.1) is 0 Å². The lowest BCUT2D eigenvalue weighted by Gasteiger charge is -2.07. The molecule has 0 atom stereocenters. The Bertz CT molecular complexity index is 661. The average Bonchev–Trinajstić information content (AvgIpc) is 2.87. The fourth-order valence-corrected chi connectivity index (χ4v) is 2.37. The molecule has 0 saturated carbocycles. The molecule has 0 radical (unpaired) electrons. The third-order valence-electron chi connectivity index (χ3n) is 3.40. The van der Waals surface area contributed by atoms with Gasteiger partial charge in [0.05, 0.1) is 6.61 Å². The van der Waals surface area contributed by atoms with E-state index in [9.17, 15) is 4.79 Å². The molecule has 1 aliphatic heterocycles. The molecule has 19 heavy (non-hydrogen) atoms. The van der Waals surface area contributed by atoms with Crippen LogP contribution in [-0.4, -0.2) is 11.2 Å². The molecule has 0 unspecified atom stereocenters. The number of aryl methyl sites for hydroxylation is 2. The molecule has 2 aromatic rings. The lowest BCUT2D eigenvalue weighted by Crippen LogP contribution is -2.19. The van der Waals surface area contributed by atoms with Crippen molar-refractivity contribution in [2.24, 2.45) is 0 Å². The summed E-state index contributed by atoms with van der Waals surface area (Å²) < 4.78 is 7.13. The molecule has 1 aliphatic rings. The van der Waals surface area contributed by atoms with Crippen LogP contribution in [0.4, 0.5) is 5.69 Å². The third-order valence-corrected chi connectivity index (χ3v) is 3.40. The molecule has 3 rings (SSSR count). The lowest BCUT2D eigenvalue weighted by atomic mass is 10.1. The molecule has 2 N–H and O–H groups in total. The molecule has 0 fully saturated rings. The SMILES string of the molecule is Nc1ccc(=O)n(CCc2ccc3c(c2)CCO3)c1. The molecule has 4 nitrogen and oxygen atoms in total. The summed E-state index contributed by atoms with van der Waals surface area (Å²) in [7, 11) is 0. The summed E-state index contributed by atoms with van der Waals surface area (Å²) in [5.41, 5.74) is 8.77. The van der Waals surface area contributed by atoms with Gasteiger partial charge in [0.15, 0.2) is 0 Å². The number of benzene rings is 1. The molecule has 1 aromatic heterocycles. The minimum absolute atomic E-state index is 0.0151. The predicted octanol–water partition coefficient (Wildman–Crippen LogP) is 1.61. The highest BCUT2D eigenvalue weighted by atomic mass is 16.5. The van der Waals surface area contributed by atoms with E-state index in [-0.39, 0.29) is 5.56 Å². The van der Waals surface area contributed by atoms with E-state index in [4.69, 9.17) is 10.5 Å². The first-order chi connectivity index (χ1) is 9.22. The Morgan fingerprint density at radius 2 is 2.16 bits per heavy atom. The van der Waals surface area contributed by atoms with Crippen molar-refractivity contribution in [2.75, 3.05) is 12.3 Å². The minimum Gasteiger partial charge on any atom is -0.493 e. The number of nitrogen functional groups attached to an aromatic ring is 1. The average molecular weight is 256 g/mol. The van der Waals surface area contributed by atoms with Crippen molar-refractivity contribution in [3.05, 3.63) is 58.0 Å². The van der Waals surface area contributed by atoms with Crippen LogP contribution in [0.5, 0.6) is 5.75 Å². The number of aromatic nitrogens is 1. The molecule has 4 heteroatoms. The second kappa shape index (κ2) is 4.80. The molecule has 0 spiro atoms. The van der Waals surface area contributed by atoms with E-state index in [0.29, 0.717) is 12.2 Å². The van der Waals surface area contributed by atoms with Crippen LogP contribution in [0.15, 0.2) is 41.3 Å². The fourth-order valence-electron chi connectivity index (χ4n) is 2.37. The van der Waals surface area contributed by atoms with E-state index < -0.39 is 0 Å². The topological polar surface area (TPSA) is 57.2 Å². The zero-order valence-corrected chi connectivity index (χ0v) is 10.6. The second-order valence-electron chi connectivity index (χ2n) is 4.78. The quantitative estimate of drug-likeness (QED) is 0.907. The van der Waals surface area contributed by atoms with E-state index >= 15 is 0 Å². The number of nitrogens with zero attached hydrogens (tertiary/aromatic N) is 1. The first-order valence-corrected chi connectivity index (χ1v) is 6.43. The third kappa shape index (κ3) is 2.47. The Labute approximate surface area is 111 Å². The molecule has 0 aliphatic carbocycles. The molecular weight excluding hydrogens is 240 g/mol. The Hall–Kier alpha value is -2.23. The lowest BCUT2D eigenvalue weighted by molar-refractivity contribution is 0.357. The standard InChI is InChI=1S/C15H16N2O2/c16-13-2-4-15(18)17(10-13)7-5-11-1-3-14-12(9-11)6-8-19-14/h1-4,9-10H,5-8,16H2. The number of fused-ring (bicyclic) bond motifs is 1. The first kappa shape index (κ1) is 11.8. The van der Waals surface area contributed by atoms with Crippen molar-refractivity contribution in [3.63, 3.8) is 0 Å². The summed E-state index contributed by atoms with van der Waals surface area (Å²) in [6, 6.07) is 9.37. The van der Waals surface area contributed by atoms with Crippen molar-refractivity contribution in [3.8, 4) is 5.75 Å². The van der Waals surface area contributed by atoms with Crippen molar-refractivity contribution in [1.82, 2.24) is 4.57 Å². The van der Waals surface area contributed by atoms with Gasteiger partial charge in [0.1, 0.15) is 5.75 Å². The Balaban J connectivity index is 1.76. The molecule has 0 amide bonds. The second-order valence-corrected chi connectivity index (χ2v) is 4.78. The van der Waals surface area contributed by atoms with Gasteiger partial charge in [-0.1, -0.05) is 12.1 Å². The van der Waals surface area contributed by atoms with Crippen molar-refractivity contribution < 1.29 is 4.74 Å². The maximum Gasteiger partial charge on any atom is 0.250 e. The maximum atomic E-state index is 11.7. The molecular formula is C15H16N2O2. The number of hydrogen-bond acceptors (Lipinski definition) is 3. The summed E-state index contributed by atoms with van der Waals surface area (Å²) >= 11 is 0. The monoisotopic (exact) mass is 256 g/mol. The number of pyridine rings is 1. The van der Waals surface area contributed by atoms with Gasteiger partial charge in [0.2, 0.25) is 0 Å². The zero-order chi connectivity index (χ0) is 13.2. The predicted molar refractivity (Wildman–Crippen MR) is 74.5 cm³/mol. The first-order valence-electron chi connectivity index (χ1n) is 6.43. The Morgan fingerprint density at radius 3 is 3.05 bits per heavy atom. The van der Waals surface area contributed by atoms with Gasteiger partial charge < -0.3 is 15.0 Å². The van der Waals surface area contributed by atoms with Gasteiger partial charge in [-0.3, -0.25) is 4.79 Å². The maximum absolute atomic E-state index is 11.7. The molecule has 0 bridgehead atoms. The van der Waals surface area contributed by atoms with E-state index in [0.717, 1.165) is 25.2 Å². The van der Waals surface area contributed by atoms with Gasteiger partial charge >= 0.3 is 0 Å². The summed E-state index contributed by atoms with van der Waals surface area (Å²) in [5, 5.41) is 0. The van der Waals surface area contributed by atoms with E-state index in [2.05, 4.69) is 12.1 Å².